The molecule has 140 valence electrons. The van der Waals surface area contributed by atoms with Crippen molar-refractivity contribution in [1.29, 1.82) is 0 Å². The second kappa shape index (κ2) is 8.22. The van der Waals surface area contributed by atoms with Gasteiger partial charge in [0.25, 0.3) is 5.91 Å². The van der Waals surface area contributed by atoms with Crippen molar-refractivity contribution in [2.45, 2.75) is 50.0 Å². The van der Waals surface area contributed by atoms with Crippen molar-refractivity contribution in [3.8, 4) is 0 Å². The summed E-state index contributed by atoms with van der Waals surface area (Å²) in [5.41, 5.74) is 3.76. The lowest BCUT2D eigenvalue weighted by atomic mass is 10.0. The van der Waals surface area contributed by atoms with Crippen LogP contribution < -0.4 is 5.32 Å². The van der Waals surface area contributed by atoms with Gasteiger partial charge in [0.2, 0.25) is 0 Å². The fourth-order valence-electron chi connectivity index (χ4n) is 3.68. The standard InChI is InChI=1S/C23H25NO2S/c1-16-11-13-17(14-12-16)24-23(25)22-20(15-27-18-7-3-2-4-8-18)19-9-5-6-10-21(19)26-22/h5-6,9-14,18H,2-4,7-8,15H2,1H3,(H,24,25). The monoisotopic (exact) mass is 379 g/mol. The van der Waals surface area contributed by atoms with Crippen LogP contribution in [0.15, 0.2) is 52.9 Å². The van der Waals surface area contributed by atoms with E-state index in [0.29, 0.717) is 11.0 Å². The van der Waals surface area contributed by atoms with Crippen LogP contribution in [0.4, 0.5) is 5.69 Å². The lowest BCUT2D eigenvalue weighted by Crippen LogP contribution is -2.13. The summed E-state index contributed by atoms with van der Waals surface area (Å²) in [6.45, 7) is 2.03. The first kappa shape index (κ1) is 18.2. The van der Waals surface area contributed by atoms with Gasteiger partial charge in [-0.05, 0) is 38.0 Å². The third-order valence-electron chi connectivity index (χ3n) is 5.23. The lowest BCUT2D eigenvalue weighted by molar-refractivity contribution is 0.0998. The van der Waals surface area contributed by atoms with Crippen molar-refractivity contribution in [2.24, 2.45) is 0 Å². The molecule has 0 spiro atoms. The van der Waals surface area contributed by atoms with Crippen LogP contribution in [-0.4, -0.2) is 11.2 Å². The van der Waals surface area contributed by atoms with E-state index < -0.39 is 0 Å². The Morgan fingerprint density at radius 3 is 2.59 bits per heavy atom. The Hall–Kier alpha value is -2.20. The number of nitrogens with one attached hydrogen (secondary N) is 1. The van der Waals surface area contributed by atoms with Crippen LogP contribution >= 0.6 is 11.8 Å². The first-order chi connectivity index (χ1) is 13.2. The van der Waals surface area contributed by atoms with Crippen molar-refractivity contribution < 1.29 is 9.21 Å². The summed E-state index contributed by atoms with van der Waals surface area (Å²) < 4.78 is 5.97. The molecule has 1 saturated carbocycles. The molecule has 0 atom stereocenters. The number of hydrogen-bond acceptors (Lipinski definition) is 3. The minimum atomic E-state index is -0.172. The van der Waals surface area contributed by atoms with E-state index in [4.69, 9.17) is 4.42 Å². The molecule has 0 radical (unpaired) electrons. The normalized spacial score (nSPS) is 15.1. The molecule has 4 rings (SSSR count). The highest BCUT2D eigenvalue weighted by Crippen LogP contribution is 2.35. The van der Waals surface area contributed by atoms with Gasteiger partial charge in [-0.25, -0.2) is 0 Å². The maximum atomic E-state index is 12.9. The number of anilines is 1. The Kier molecular flexibility index (Phi) is 5.53. The topological polar surface area (TPSA) is 42.2 Å². The van der Waals surface area contributed by atoms with Gasteiger partial charge in [0.15, 0.2) is 5.76 Å². The van der Waals surface area contributed by atoms with Crippen molar-refractivity contribution in [3.05, 3.63) is 65.4 Å². The van der Waals surface area contributed by atoms with Crippen LogP contribution in [0.25, 0.3) is 11.0 Å². The minimum absolute atomic E-state index is 0.172. The quantitative estimate of drug-likeness (QED) is 0.546. The summed E-state index contributed by atoms with van der Waals surface area (Å²) in [6.07, 6.45) is 6.57. The van der Waals surface area contributed by atoms with E-state index >= 15 is 0 Å². The number of furan rings is 1. The van der Waals surface area contributed by atoms with Gasteiger partial charge < -0.3 is 9.73 Å². The van der Waals surface area contributed by atoms with Gasteiger partial charge in [-0.3, -0.25) is 4.79 Å². The van der Waals surface area contributed by atoms with E-state index in [1.54, 1.807) is 0 Å². The number of amides is 1. The number of thioether (sulfide) groups is 1. The van der Waals surface area contributed by atoms with Gasteiger partial charge >= 0.3 is 0 Å². The number of rotatable bonds is 5. The molecule has 1 fully saturated rings. The molecule has 0 bridgehead atoms. The van der Waals surface area contributed by atoms with Gasteiger partial charge in [0.05, 0.1) is 0 Å². The summed E-state index contributed by atoms with van der Waals surface area (Å²) in [5, 5.41) is 4.73. The fourth-order valence-corrected chi connectivity index (χ4v) is 5.04. The molecule has 0 aliphatic heterocycles. The molecular weight excluding hydrogens is 354 g/mol. The van der Waals surface area contributed by atoms with E-state index in [1.807, 2.05) is 61.2 Å². The Balaban J connectivity index is 1.58. The Bertz CT molecular complexity index is 923. The highest BCUT2D eigenvalue weighted by Gasteiger charge is 2.22. The third-order valence-corrected chi connectivity index (χ3v) is 6.63. The molecule has 0 unspecified atom stereocenters. The maximum absolute atomic E-state index is 12.9. The van der Waals surface area contributed by atoms with Crippen LogP contribution in [0.3, 0.4) is 0 Å². The second-order valence-electron chi connectivity index (χ2n) is 7.30. The molecule has 3 nitrogen and oxygen atoms in total. The molecule has 0 saturated heterocycles. The first-order valence-electron chi connectivity index (χ1n) is 9.71. The summed E-state index contributed by atoms with van der Waals surface area (Å²) in [6, 6.07) is 15.8. The Morgan fingerprint density at radius 2 is 1.81 bits per heavy atom. The van der Waals surface area contributed by atoms with Gasteiger partial charge in [0.1, 0.15) is 5.58 Å². The Morgan fingerprint density at radius 1 is 1.07 bits per heavy atom. The van der Waals surface area contributed by atoms with Gasteiger partial charge in [-0.15, -0.1) is 0 Å². The van der Waals surface area contributed by atoms with Crippen LogP contribution in [0.1, 0.15) is 53.8 Å². The molecule has 27 heavy (non-hydrogen) atoms. The van der Waals surface area contributed by atoms with E-state index in [1.165, 1.54) is 37.7 Å². The zero-order valence-corrected chi connectivity index (χ0v) is 16.5. The zero-order valence-electron chi connectivity index (χ0n) is 15.7. The molecule has 1 N–H and O–H groups in total. The van der Waals surface area contributed by atoms with Crippen LogP contribution in [-0.2, 0) is 5.75 Å². The Labute approximate surface area is 164 Å². The number of carbonyl (C=O) groups excluding carboxylic acids is 1. The van der Waals surface area contributed by atoms with Crippen molar-refractivity contribution in [1.82, 2.24) is 0 Å². The largest absolute Gasteiger partial charge is 0.451 e. The van der Waals surface area contributed by atoms with E-state index in [9.17, 15) is 4.79 Å². The molecule has 4 heteroatoms. The zero-order chi connectivity index (χ0) is 18.6. The lowest BCUT2D eigenvalue weighted by Gasteiger charge is -2.20. The van der Waals surface area contributed by atoms with E-state index in [2.05, 4.69) is 11.4 Å². The average Bonchev–Trinajstić information content (AvgIpc) is 3.08. The number of carbonyl (C=O) groups is 1. The third kappa shape index (κ3) is 4.22. The van der Waals surface area contributed by atoms with Crippen molar-refractivity contribution in [3.63, 3.8) is 0 Å². The second-order valence-corrected chi connectivity index (χ2v) is 8.59. The van der Waals surface area contributed by atoms with E-state index in [-0.39, 0.29) is 5.91 Å². The smallest absolute Gasteiger partial charge is 0.291 e. The summed E-state index contributed by atoms with van der Waals surface area (Å²) in [5.74, 6) is 1.09. The van der Waals surface area contributed by atoms with Crippen molar-refractivity contribution in [2.75, 3.05) is 5.32 Å². The van der Waals surface area contributed by atoms with Crippen LogP contribution in [0.2, 0.25) is 0 Å². The average molecular weight is 380 g/mol. The van der Waals surface area contributed by atoms with Crippen molar-refractivity contribution >= 4 is 34.3 Å². The van der Waals surface area contributed by atoms with Crippen LogP contribution in [0.5, 0.6) is 0 Å². The van der Waals surface area contributed by atoms with Crippen LogP contribution in [0, 0.1) is 6.92 Å². The predicted octanol–water partition coefficient (Wildman–Crippen LogP) is 6.56. The SMILES string of the molecule is Cc1ccc(NC(=O)c2oc3ccccc3c2CSC2CCCCC2)cc1. The molecule has 1 aromatic heterocycles. The number of hydrogen-bond donors (Lipinski definition) is 1. The maximum Gasteiger partial charge on any atom is 0.291 e. The van der Waals surface area contributed by atoms with Gasteiger partial charge in [-0.2, -0.15) is 11.8 Å². The first-order valence-corrected chi connectivity index (χ1v) is 10.8. The number of para-hydroxylation sites is 1. The molecule has 2 aromatic carbocycles. The fraction of sp³-hybridized carbons (Fsp3) is 0.348. The molecule has 1 aliphatic carbocycles. The highest BCUT2D eigenvalue weighted by molar-refractivity contribution is 7.99. The summed E-state index contributed by atoms with van der Waals surface area (Å²) in [4.78, 5) is 12.9. The molecule has 3 aromatic rings. The van der Waals surface area contributed by atoms with Gasteiger partial charge in [0, 0.05) is 27.6 Å². The molecule has 1 amide bonds. The number of aryl methyl sites for hydroxylation is 1. The molecular formula is C23H25NO2S. The molecule has 1 heterocycles. The minimum Gasteiger partial charge on any atom is -0.451 e. The van der Waals surface area contributed by atoms with Gasteiger partial charge in [-0.1, -0.05) is 55.2 Å². The number of benzene rings is 2. The summed E-state index contributed by atoms with van der Waals surface area (Å²) in [7, 11) is 0. The molecule has 1 aliphatic rings. The summed E-state index contributed by atoms with van der Waals surface area (Å²) >= 11 is 1.97. The highest BCUT2D eigenvalue weighted by atomic mass is 32.2. The predicted molar refractivity (Wildman–Crippen MR) is 114 cm³/mol. The van der Waals surface area contributed by atoms with E-state index in [0.717, 1.165) is 28.0 Å². The number of fused-ring (bicyclic) bond motifs is 1.